The summed E-state index contributed by atoms with van der Waals surface area (Å²) in [6.45, 7) is 11.0. The predicted octanol–water partition coefficient (Wildman–Crippen LogP) is 8.17. The molecule has 146 valence electrons. The topological polar surface area (TPSA) is 20.2 Å². The third kappa shape index (κ3) is 10.7. The van der Waals surface area contributed by atoms with Gasteiger partial charge in [0.15, 0.2) is 14.8 Å². The van der Waals surface area contributed by atoms with E-state index in [2.05, 4.69) is 34.6 Å². The fourth-order valence-electron chi connectivity index (χ4n) is 3.05. The number of rotatable bonds is 10. The predicted molar refractivity (Wildman–Crippen MR) is 121 cm³/mol. The summed E-state index contributed by atoms with van der Waals surface area (Å²) in [7, 11) is -2.74. The van der Waals surface area contributed by atoms with E-state index in [4.69, 9.17) is 22.2 Å². The number of hydrogen-bond acceptors (Lipinski definition) is 1. The molecule has 0 saturated carbocycles. The quantitative estimate of drug-likeness (QED) is 0.298. The van der Waals surface area contributed by atoms with E-state index >= 15 is 0 Å². The largest absolute Gasteiger partial charge is 0.508 e. The summed E-state index contributed by atoms with van der Waals surface area (Å²) < 4.78 is 0. The van der Waals surface area contributed by atoms with Crippen LogP contribution in [0.25, 0.3) is 0 Å². The SMILES string of the molecule is CCC[Si](Cl)(CCC)CCc1ccc(O)cc1.CC[Si](Cl)(CC)CC. The zero-order valence-corrected chi connectivity index (χ0v) is 20.4. The lowest BCUT2D eigenvalue weighted by Crippen LogP contribution is -2.26. The van der Waals surface area contributed by atoms with E-state index in [1.807, 2.05) is 12.1 Å². The number of benzene rings is 1. The normalized spacial score (nSPS) is 11.8. The Labute approximate surface area is 167 Å². The summed E-state index contributed by atoms with van der Waals surface area (Å²) >= 11 is 13.0. The fourth-order valence-corrected chi connectivity index (χ4v) is 9.25. The molecule has 0 aliphatic heterocycles. The van der Waals surface area contributed by atoms with Crippen molar-refractivity contribution in [2.24, 2.45) is 0 Å². The monoisotopic (exact) mass is 420 g/mol. The molecule has 0 spiro atoms. The zero-order valence-electron chi connectivity index (χ0n) is 16.9. The average molecular weight is 422 g/mol. The van der Waals surface area contributed by atoms with Gasteiger partial charge in [-0.05, 0) is 60.4 Å². The van der Waals surface area contributed by atoms with Crippen molar-refractivity contribution in [1.82, 2.24) is 0 Å². The van der Waals surface area contributed by atoms with Crippen LogP contribution in [0.2, 0.25) is 36.3 Å². The first-order chi connectivity index (χ1) is 11.8. The third-order valence-corrected chi connectivity index (χ3v) is 16.9. The standard InChI is InChI=1S/C14H23ClOSi.C6H15ClSi/c1-3-10-17(15,11-4-2)12-9-13-5-7-14(16)8-6-13;1-4-8(7,5-2)6-3/h5-8,16H,3-4,9-12H2,1-2H3;4-6H2,1-3H3. The molecule has 1 aromatic rings. The van der Waals surface area contributed by atoms with Crippen LogP contribution in [-0.4, -0.2) is 19.9 Å². The van der Waals surface area contributed by atoms with Gasteiger partial charge in [0.25, 0.3) is 0 Å². The Kier molecular flexibility index (Phi) is 13.3. The van der Waals surface area contributed by atoms with Crippen molar-refractivity contribution >= 4 is 36.9 Å². The highest BCUT2D eigenvalue weighted by Gasteiger charge is 2.28. The van der Waals surface area contributed by atoms with Gasteiger partial charge in [-0.3, -0.25) is 0 Å². The molecule has 25 heavy (non-hydrogen) atoms. The molecule has 1 rings (SSSR count). The Morgan fingerprint density at radius 1 is 0.720 bits per heavy atom. The minimum absolute atomic E-state index is 0.338. The van der Waals surface area contributed by atoms with Gasteiger partial charge in [0.1, 0.15) is 5.75 Å². The molecule has 0 heterocycles. The second kappa shape index (κ2) is 13.2. The Balaban J connectivity index is 0.000000609. The minimum atomic E-state index is -1.54. The second-order valence-corrected chi connectivity index (χ2v) is 20.1. The van der Waals surface area contributed by atoms with Gasteiger partial charge in [0, 0.05) is 0 Å². The Hall–Kier alpha value is 0.0338. The summed E-state index contributed by atoms with van der Waals surface area (Å²) in [6.07, 6.45) is 3.45. The van der Waals surface area contributed by atoms with Gasteiger partial charge in [-0.15, -0.1) is 0 Å². The summed E-state index contributed by atoms with van der Waals surface area (Å²) in [6, 6.07) is 14.8. The molecule has 0 aromatic heterocycles. The van der Waals surface area contributed by atoms with Crippen LogP contribution in [0.1, 0.15) is 53.0 Å². The van der Waals surface area contributed by atoms with Crippen molar-refractivity contribution in [1.29, 1.82) is 0 Å². The van der Waals surface area contributed by atoms with Crippen molar-refractivity contribution in [2.45, 2.75) is 90.1 Å². The van der Waals surface area contributed by atoms with Gasteiger partial charge in [0.05, 0.1) is 0 Å². The maximum Gasteiger partial charge on any atom is 0.156 e. The van der Waals surface area contributed by atoms with Gasteiger partial charge >= 0.3 is 0 Å². The number of aryl methyl sites for hydroxylation is 1. The first-order valence-corrected chi connectivity index (χ1v) is 17.2. The van der Waals surface area contributed by atoms with Crippen LogP contribution < -0.4 is 0 Å². The van der Waals surface area contributed by atoms with E-state index in [1.54, 1.807) is 12.1 Å². The maximum absolute atomic E-state index is 9.24. The third-order valence-electron chi connectivity index (χ3n) is 5.10. The molecule has 5 heteroatoms. The first-order valence-electron chi connectivity index (χ1n) is 9.93. The van der Waals surface area contributed by atoms with Crippen molar-refractivity contribution in [2.75, 3.05) is 0 Å². The maximum atomic E-state index is 9.24. The summed E-state index contributed by atoms with van der Waals surface area (Å²) in [5.41, 5.74) is 1.28. The zero-order chi connectivity index (χ0) is 19.3. The van der Waals surface area contributed by atoms with Crippen molar-refractivity contribution in [3.05, 3.63) is 29.8 Å². The summed E-state index contributed by atoms with van der Waals surface area (Å²) in [5.74, 6) is 0.338. The lowest BCUT2D eigenvalue weighted by atomic mass is 10.2. The van der Waals surface area contributed by atoms with E-state index in [0.717, 1.165) is 12.5 Å². The fraction of sp³-hybridized carbons (Fsp3) is 0.700. The average Bonchev–Trinajstić information content (AvgIpc) is 2.62. The Morgan fingerprint density at radius 2 is 1.16 bits per heavy atom. The van der Waals surface area contributed by atoms with Crippen LogP contribution in [-0.2, 0) is 6.42 Å². The van der Waals surface area contributed by atoms with Crippen molar-refractivity contribution in [3.8, 4) is 5.75 Å². The molecule has 0 unspecified atom stereocenters. The molecule has 1 aromatic carbocycles. The molecule has 0 aliphatic rings. The lowest BCUT2D eigenvalue weighted by molar-refractivity contribution is 0.475. The molecule has 0 radical (unpaired) electrons. The number of aromatic hydroxyl groups is 1. The summed E-state index contributed by atoms with van der Waals surface area (Å²) in [5, 5.41) is 9.24. The molecule has 0 amide bonds. The number of hydrogen-bond donors (Lipinski definition) is 1. The molecule has 0 atom stereocenters. The van der Waals surface area contributed by atoms with Crippen molar-refractivity contribution < 1.29 is 5.11 Å². The number of phenols is 1. The van der Waals surface area contributed by atoms with Gasteiger partial charge in [-0.25, -0.2) is 0 Å². The molecule has 0 saturated heterocycles. The van der Waals surface area contributed by atoms with Gasteiger partial charge in [0.2, 0.25) is 0 Å². The highest BCUT2D eigenvalue weighted by Crippen LogP contribution is 2.30. The lowest BCUT2D eigenvalue weighted by Gasteiger charge is -2.23. The van der Waals surface area contributed by atoms with E-state index in [-0.39, 0.29) is 0 Å². The first kappa shape index (κ1) is 25.0. The van der Waals surface area contributed by atoms with E-state index in [9.17, 15) is 5.11 Å². The minimum Gasteiger partial charge on any atom is -0.508 e. The Bertz CT molecular complexity index is 433. The smallest absolute Gasteiger partial charge is 0.156 e. The van der Waals surface area contributed by atoms with Gasteiger partial charge in [-0.2, -0.15) is 22.2 Å². The molecular formula is C20H38Cl2OSi2. The molecule has 0 fully saturated rings. The molecule has 1 nitrogen and oxygen atoms in total. The number of phenolic OH excluding ortho intramolecular Hbond substituents is 1. The van der Waals surface area contributed by atoms with Crippen LogP contribution in [0.3, 0.4) is 0 Å². The van der Waals surface area contributed by atoms with Crippen LogP contribution in [0.15, 0.2) is 24.3 Å². The van der Waals surface area contributed by atoms with Gasteiger partial charge < -0.3 is 5.11 Å². The molecule has 1 N–H and O–H groups in total. The van der Waals surface area contributed by atoms with Crippen molar-refractivity contribution in [3.63, 3.8) is 0 Å². The Morgan fingerprint density at radius 3 is 1.48 bits per heavy atom. The van der Waals surface area contributed by atoms with Crippen LogP contribution >= 0.6 is 22.2 Å². The summed E-state index contributed by atoms with van der Waals surface area (Å²) in [4.78, 5) is 0. The van der Waals surface area contributed by atoms with E-state index in [0.29, 0.717) is 5.75 Å². The van der Waals surface area contributed by atoms with Crippen LogP contribution in [0, 0.1) is 0 Å². The van der Waals surface area contributed by atoms with E-state index < -0.39 is 14.8 Å². The molecule has 0 bridgehead atoms. The second-order valence-electron chi connectivity index (χ2n) is 7.03. The highest BCUT2D eigenvalue weighted by atomic mass is 35.6. The van der Waals surface area contributed by atoms with Gasteiger partial charge in [-0.1, -0.05) is 59.6 Å². The van der Waals surface area contributed by atoms with Crippen LogP contribution in [0.5, 0.6) is 5.75 Å². The highest BCUT2D eigenvalue weighted by molar-refractivity contribution is 7.20. The van der Waals surface area contributed by atoms with E-state index in [1.165, 1.54) is 48.6 Å². The van der Waals surface area contributed by atoms with Crippen LogP contribution in [0.4, 0.5) is 0 Å². The molecular weight excluding hydrogens is 383 g/mol. The number of halogens is 2. The molecule has 0 aliphatic carbocycles.